The number of unbranched alkanes of at least 4 members (excludes halogenated alkanes) is 1. The number of nitrogens with zero attached hydrogens (tertiary/aromatic N) is 3. The summed E-state index contributed by atoms with van der Waals surface area (Å²) in [5.74, 6) is 1.04. The van der Waals surface area contributed by atoms with Gasteiger partial charge in [-0.15, -0.1) is 0 Å². The SMILES string of the molecule is N#CCCCS(=O)(=O)NCc1cn2c(n1)CCCC2. The van der Waals surface area contributed by atoms with Gasteiger partial charge in [-0.2, -0.15) is 5.26 Å². The molecule has 104 valence electrons. The van der Waals surface area contributed by atoms with Crippen LogP contribution in [0.15, 0.2) is 6.20 Å². The first kappa shape index (κ1) is 14.0. The molecule has 19 heavy (non-hydrogen) atoms. The second-order valence-electron chi connectivity index (χ2n) is 4.70. The summed E-state index contributed by atoms with van der Waals surface area (Å²) in [6, 6.07) is 1.94. The maximum absolute atomic E-state index is 11.7. The van der Waals surface area contributed by atoms with E-state index in [4.69, 9.17) is 5.26 Å². The third kappa shape index (κ3) is 4.04. The van der Waals surface area contributed by atoms with Gasteiger partial charge in [0.25, 0.3) is 0 Å². The predicted molar refractivity (Wildman–Crippen MR) is 70.6 cm³/mol. The van der Waals surface area contributed by atoms with Gasteiger partial charge in [0.15, 0.2) is 0 Å². The van der Waals surface area contributed by atoms with Gasteiger partial charge in [0, 0.05) is 25.6 Å². The Morgan fingerprint density at radius 1 is 1.47 bits per heavy atom. The van der Waals surface area contributed by atoms with Crippen LogP contribution in [-0.2, 0) is 29.5 Å². The number of aryl methyl sites for hydroxylation is 2. The lowest BCUT2D eigenvalue weighted by Crippen LogP contribution is -2.26. The number of aromatic nitrogens is 2. The van der Waals surface area contributed by atoms with Crippen LogP contribution in [0.2, 0.25) is 0 Å². The van der Waals surface area contributed by atoms with Gasteiger partial charge in [0.05, 0.1) is 24.1 Å². The summed E-state index contributed by atoms with van der Waals surface area (Å²) >= 11 is 0. The lowest BCUT2D eigenvalue weighted by Gasteiger charge is -2.11. The summed E-state index contributed by atoms with van der Waals surface area (Å²) in [5.41, 5.74) is 0.765. The monoisotopic (exact) mass is 282 g/mol. The van der Waals surface area contributed by atoms with Crippen molar-refractivity contribution in [2.24, 2.45) is 0 Å². The largest absolute Gasteiger partial charge is 0.335 e. The molecule has 0 bridgehead atoms. The van der Waals surface area contributed by atoms with Crippen LogP contribution in [0.5, 0.6) is 0 Å². The van der Waals surface area contributed by atoms with Gasteiger partial charge in [-0.25, -0.2) is 18.1 Å². The van der Waals surface area contributed by atoms with Crippen LogP contribution in [0.4, 0.5) is 0 Å². The van der Waals surface area contributed by atoms with Crippen molar-refractivity contribution in [1.82, 2.24) is 14.3 Å². The van der Waals surface area contributed by atoms with Crippen molar-refractivity contribution in [2.75, 3.05) is 5.75 Å². The molecule has 0 aliphatic carbocycles. The lowest BCUT2D eigenvalue weighted by atomic mass is 10.2. The molecule has 0 fully saturated rings. The zero-order valence-electron chi connectivity index (χ0n) is 10.8. The zero-order valence-corrected chi connectivity index (χ0v) is 11.6. The van der Waals surface area contributed by atoms with Gasteiger partial charge in [-0.05, 0) is 19.3 Å². The fourth-order valence-corrected chi connectivity index (χ4v) is 3.19. The molecule has 1 aliphatic rings. The average Bonchev–Trinajstić information content (AvgIpc) is 2.79. The minimum atomic E-state index is -3.30. The molecule has 6 nitrogen and oxygen atoms in total. The smallest absolute Gasteiger partial charge is 0.211 e. The van der Waals surface area contributed by atoms with Crippen LogP contribution < -0.4 is 4.72 Å². The average molecular weight is 282 g/mol. The number of fused-ring (bicyclic) bond motifs is 1. The molecule has 0 amide bonds. The predicted octanol–water partition coefficient (Wildman–Crippen LogP) is 0.943. The van der Waals surface area contributed by atoms with E-state index in [0.29, 0.717) is 6.42 Å². The Kier molecular flexibility index (Phi) is 4.56. The van der Waals surface area contributed by atoms with Crippen molar-refractivity contribution < 1.29 is 8.42 Å². The summed E-state index contributed by atoms with van der Waals surface area (Å²) in [6.07, 6.45) is 5.82. The summed E-state index contributed by atoms with van der Waals surface area (Å²) in [6.45, 7) is 1.20. The number of rotatable bonds is 6. The molecule has 1 N–H and O–H groups in total. The second-order valence-corrected chi connectivity index (χ2v) is 6.63. The summed E-state index contributed by atoms with van der Waals surface area (Å²) < 4.78 is 28.0. The molecular formula is C12H18N4O2S. The Morgan fingerprint density at radius 3 is 3.05 bits per heavy atom. The van der Waals surface area contributed by atoms with E-state index in [2.05, 4.69) is 14.3 Å². The molecule has 1 aromatic rings. The molecule has 0 saturated heterocycles. The van der Waals surface area contributed by atoms with Crippen molar-refractivity contribution in [3.05, 3.63) is 17.7 Å². The molecule has 2 heterocycles. The highest BCUT2D eigenvalue weighted by molar-refractivity contribution is 7.89. The van der Waals surface area contributed by atoms with Gasteiger partial charge >= 0.3 is 0 Å². The van der Waals surface area contributed by atoms with Gasteiger partial charge in [-0.1, -0.05) is 0 Å². The molecule has 2 rings (SSSR count). The molecule has 0 saturated carbocycles. The maximum atomic E-state index is 11.7. The molecule has 0 radical (unpaired) electrons. The highest BCUT2D eigenvalue weighted by Crippen LogP contribution is 2.14. The molecule has 7 heteroatoms. The van der Waals surface area contributed by atoms with Crippen LogP contribution in [0.3, 0.4) is 0 Å². The third-order valence-electron chi connectivity index (χ3n) is 3.13. The van der Waals surface area contributed by atoms with Crippen molar-refractivity contribution in [2.45, 2.75) is 45.2 Å². The fourth-order valence-electron chi connectivity index (χ4n) is 2.15. The van der Waals surface area contributed by atoms with Crippen molar-refractivity contribution in [1.29, 1.82) is 5.26 Å². The van der Waals surface area contributed by atoms with E-state index in [1.807, 2.05) is 12.3 Å². The molecule has 0 aromatic carbocycles. The minimum Gasteiger partial charge on any atom is -0.335 e. The first-order chi connectivity index (χ1) is 9.11. The number of hydrogen-bond donors (Lipinski definition) is 1. The Bertz CT molecular complexity index is 548. The summed E-state index contributed by atoms with van der Waals surface area (Å²) in [7, 11) is -3.30. The van der Waals surface area contributed by atoms with Crippen LogP contribution >= 0.6 is 0 Å². The van der Waals surface area contributed by atoms with E-state index in [1.54, 1.807) is 0 Å². The summed E-state index contributed by atoms with van der Waals surface area (Å²) in [4.78, 5) is 4.43. The topological polar surface area (TPSA) is 87.8 Å². The van der Waals surface area contributed by atoms with E-state index in [1.165, 1.54) is 0 Å². The van der Waals surface area contributed by atoms with Gasteiger partial charge in [-0.3, -0.25) is 0 Å². The van der Waals surface area contributed by atoms with Crippen LogP contribution in [0.1, 0.15) is 37.2 Å². The van der Waals surface area contributed by atoms with Gasteiger partial charge < -0.3 is 4.57 Å². The molecule has 1 aliphatic heterocycles. The van der Waals surface area contributed by atoms with Crippen LogP contribution in [-0.4, -0.2) is 23.7 Å². The Labute approximate surface area is 113 Å². The highest BCUT2D eigenvalue weighted by atomic mass is 32.2. The number of sulfonamides is 1. The maximum Gasteiger partial charge on any atom is 0.211 e. The number of imidazole rings is 1. The van der Waals surface area contributed by atoms with Crippen molar-refractivity contribution in [3.8, 4) is 6.07 Å². The van der Waals surface area contributed by atoms with Gasteiger partial charge in [0.2, 0.25) is 10.0 Å². The standard InChI is InChI=1S/C12H18N4O2S/c13-6-2-4-8-19(17,18)14-9-11-10-16-7-3-1-5-12(16)15-11/h10,14H,1-5,7-9H2. The molecule has 0 spiro atoms. The molecule has 0 unspecified atom stereocenters. The van der Waals surface area contributed by atoms with Gasteiger partial charge in [0.1, 0.15) is 5.82 Å². The van der Waals surface area contributed by atoms with Crippen molar-refractivity contribution in [3.63, 3.8) is 0 Å². The Morgan fingerprint density at radius 2 is 2.32 bits per heavy atom. The number of hydrogen-bond acceptors (Lipinski definition) is 4. The fraction of sp³-hybridized carbons (Fsp3) is 0.667. The molecule has 1 aromatic heterocycles. The second kappa shape index (κ2) is 6.17. The van der Waals surface area contributed by atoms with Crippen LogP contribution in [0.25, 0.3) is 0 Å². The van der Waals surface area contributed by atoms with Crippen LogP contribution in [0, 0.1) is 11.3 Å². The first-order valence-corrected chi connectivity index (χ1v) is 8.15. The number of nitriles is 1. The summed E-state index contributed by atoms with van der Waals surface area (Å²) in [5, 5.41) is 8.39. The molecular weight excluding hydrogens is 264 g/mol. The van der Waals surface area contributed by atoms with E-state index in [-0.39, 0.29) is 18.7 Å². The Balaban J connectivity index is 1.88. The minimum absolute atomic E-state index is 0.00583. The lowest BCUT2D eigenvalue weighted by molar-refractivity contribution is 0.522. The molecule has 0 atom stereocenters. The van der Waals surface area contributed by atoms with E-state index in [0.717, 1.165) is 37.3 Å². The zero-order chi connectivity index (χ0) is 13.7. The quantitative estimate of drug-likeness (QED) is 0.787. The van der Waals surface area contributed by atoms with Crippen molar-refractivity contribution >= 4 is 10.0 Å². The van der Waals surface area contributed by atoms with E-state index < -0.39 is 10.0 Å². The van der Waals surface area contributed by atoms with E-state index in [9.17, 15) is 8.42 Å². The first-order valence-electron chi connectivity index (χ1n) is 6.50. The Hall–Kier alpha value is -1.39. The normalized spacial score (nSPS) is 14.9. The number of nitrogens with one attached hydrogen (secondary N) is 1. The van der Waals surface area contributed by atoms with E-state index >= 15 is 0 Å². The highest BCUT2D eigenvalue weighted by Gasteiger charge is 2.14. The third-order valence-corrected chi connectivity index (χ3v) is 4.54.